The minimum Gasteiger partial charge on any atom is -0.406 e. The van der Waals surface area contributed by atoms with Crippen LogP contribution in [0.5, 0.6) is 11.5 Å². The van der Waals surface area contributed by atoms with Crippen molar-refractivity contribution < 1.29 is 40.6 Å². The topological polar surface area (TPSA) is 48.4 Å². The van der Waals surface area contributed by atoms with E-state index in [1.165, 1.54) is 36.5 Å². The molecule has 0 amide bonds. The first-order chi connectivity index (χ1) is 14.0. The number of hydrogen-bond donors (Lipinski definition) is 0. The van der Waals surface area contributed by atoms with E-state index in [4.69, 9.17) is 0 Å². The molecule has 0 radical (unpaired) electrons. The molecular weight excluding hydrogens is 416 g/mol. The van der Waals surface area contributed by atoms with Gasteiger partial charge in [-0.2, -0.15) is 0 Å². The Balaban J connectivity index is 2.10. The second-order valence-electron chi connectivity index (χ2n) is 5.93. The summed E-state index contributed by atoms with van der Waals surface area (Å²) in [5.74, 6) is -1.00. The number of pyridine rings is 1. The molecule has 0 N–H and O–H groups in total. The molecule has 3 rings (SSSR count). The maximum Gasteiger partial charge on any atom is 0.573 e. The maximum absolute atomic E-state index is 12.5. The maximum atomic E-state index is 12.5. The standard InChI is InChI=1S/C20H11F6NO3/c21-19(22,23)29-15-5-1-3-13(8-15)17-7-12(11-28)10-27-18(17)14-4-2-6-16(9-14)30-20(24,25)26/h1-11H. The Kier molecular flexibility index (Phi) is 5.68. The fraction of sp³-hybridized carbons (Fsp3) is 0.100. The van der Waals surface area contributed by atoms with Crippen molar-refractivity contribution in [2.24, 2.45) is 0 Å². The van der Waals surface area contributed by atoms with Gasteiger partial charge in [0.25, 0.3) is 0 Å². The first-order valence-corrected chi connectivity index (χ1v) is 8.22. The molecule has 0 fully saturated rings. The molecule has 0 aliphatic carbocycles. The molecule has 1 aromatic heterocycles. The summed E-state index contributed by atoms with van der Waals surface area (Å²) in [4.78, 5) is 15.3. The van der Waals surface area contributed by atoms with Crippen molar-refractivity contribution in [2.75, 3.05) is 0 Å². The van der Waals surface area contributed by atoms with Crippen molar-refractivity contribution in [3.05, 3.63) is 66.4 Å². The van der Waals surface area contributed by atoms with Crippen molar-refractivity contribution >= 4 is 6.29 Å². The van der Waals surface area contributed by atoms with E-state index in [1.807, 2.05) is 0 Å². The minimum atomic E-state index is -4.91. The predicted molar refractivity (Wildman–Crippen MR) is 93.9 cm³/mol. The van der Waals surface area contributed by atoms with E-state index in [0.717, 1.165) is 24.3 Å². The lowest BCUT2D eigenvalue weighted by atomic mass is 9.97. The van der Waals surface area contributed by atoms with Gasteiger partial charge in [-0.05, 0) is 35.9 Å². The zero-order valence-corrected chi connectivity index (χ0v) is 14.8. The SMILES string of the molecule is O=Cc1cnc(-c2cccc(OC(F)(F)F)c2)c(-c2cccc(OC(F)(F)F)c2)c1. The Morgan fingerprint density at radius 3 is 1.83 bits per heavy atom. The first kappa shape index (κ1) is 21.2. The van der Waals surface area contributed by atoms with Gasteiger partial charge < -0.3 is 9.47 Å². The highest BCUT2D eigenvalue weighted by Crippen LogP contribution is 2.35. The van der Waals surface area contributed by atoms with Gasteiger partial charge in [0.15, 0.2) is 6.29 Å². The van der Waals surface area contributed by atoms with Gasteiger partial charge in [-0.25, -0.2) is 0 Å². The molecule has 1 heterocycles. The number of aromatic nitrogens is 1. The Bertz CT molecular complexity index is 1060. The second kappa shape index (κ2) is 8.05. The summed E-state index contributed by atoms with van der Waals surface area (Å²) in [6.07, 6.45) is -8.13. The largest absolute Gasteiger partial charge is 0.573 e. The van der Waals surface area contributed by atoms with Crippen LogP contribution in [0.3, 0.4) is 0 Å². The van der Waals surface area contributed by atoms with Gasteiger partial charge in [0.1, 0.15) is 11.5 Å². The molecule has 2 aromatic carbocycles. The summed E-state index contributed by atoms with van der Waals surface area (Å²) in [5, 5.41) is 0. The first-order valence-electron chi connectivity index (χ1n) is 8.22. The lowest BCUT2D eigenvalue weighted by Crippen LogP contribution is -2.17. The highest BCUT2D eigenvalue weighted by Gasteiger charge is 2.32. The number of rotatable bonds is 5. The van der Waals surface area contributed by atoms with Crippen LogP contribution in [-0.2, 0) is 0 Å². The second-order valence-corrected chi connectivity index (χ2v) is 5.93. The van der Waals surface area contributed by atoms with Gasteiger partial charge in [-0.1, -0.05) is 24.3 Å². The molecule has 30 heavy (non-hydrogen) atoms. The van der Waals surface area contributed by atoms with Crippen LogP contribution in [0.25, 0.3) is 22.4 Å². The van der Waals surface area contributed by atoms with Crippen molar-refractivity contribution in [1.29, 1.82) is 0 Å². The third kappa shape index (κ3) is 5.49. The van der Waals surface area contributed by atoms with E-state index in [1.54, 1.807) is 0 Å². The normalized spacial score (nSPS) is 11.8. The highest BCUT2D eigenvalue weighted by molar-refractivity contribution is 5.86. The lowest BCUT2D eigenvalue weighted by molar-refractivity contribution is -0.275. The van der Waals surface area contributed by atoms with Crippen LogP contribution in [-0.4, -0.2) is 24.0 Å². The number of aldehydes is 1. The molecule has 3 aromatic rings. The van der Waals surface area contributed by atoms with Gasteiger partial charge in [-0.15, -0.1) is 26.3 Å². The monoisotopic (exact) mass is 427 g/mol. The minimum absolute atomic E-state index is 0.124. The molecule has 10 heteroatoms. The molecule has 0 atom stereocenters. The quantitative estimate of drug-likeness (QED) is 0.369. The average molecular weight is 427 g/mol. The number of halogens is 6. The molecule has 0 saturated carbocycles. The van der Waals surface area contributed by atoms with Gasteiger partial charge in [-0.3, -0.25) is 9.78 Å². The van der Waals surface area contributed by atoms with Crippen molar-refractivity contribution in [1.82, 2.24) is 4.98 Å². The van der Waals surface area contributed by atoms with Crippen LogP contribution in [0.2, 0.25) is 0 Å². The van der Waals surface area contributed by atoms with E-state index in [2.05, 4.69) is 14.5 Å². The summed E-state index contributed by atoms with van der Waals surface area (Å²) < 4.78 is 82.9. The average Bonchev–Trinajstić information content (AvgIpc) is 2.65. The Morgan fingerprint density at radius 1 is 0.767 bits per heavy atom. The number of nitrogens with zero attached hydrogens (tertiary/aromatic N) is 1. The third-order valence-corrected chi connectivity index (χ3v) is 3.76. The van der Waals surface area contributed by atoms with Crippen LogP contribution in [0.4, 0.5) is 26.3 Å². The molecular formula is C20H11F6NO3. The van der Waals surface area contributed by atoms with E-state index < -0.39 is 24.2 Å². The zero-order chi connectivity index (χ0) is 21.9. The fourth-order valence-corrected chi connectivity index (χ4v) is 2.70. The van der Waals surface area contributed by atoms with Gasteiger partial charge in [0.05, 0.1) is 5.69 Å². The Hall–Kier alpha value is -3.56. The summed E-state index contributed by atoms with van der Waals surface area (Å²) in [7, 11) is 0. The van der Waals surface area contributed by atoms with E-state index in [0.29, 0.717) is 6.29 Å². The smallest absolute Gasteiger partial charge is 0.406 e. The molecule has 0 saturated heterocycles. The predicted octanol–water partition coefficient (Wildman–Crippen LogP) is 6.03. The van der Waals surface area contributed by atoms with Crippen LogP contribution in [0, 0.1) is 0 Å². The van der Waals surface area contributed by atoms with Gasteiger partial charge in [0.2, 0.25) is 0 Å². The lowest BCUT2D eigenvalue weighted by Gasteiger charge is -2.14. The summed E-state index contributed by atoms with van der Waals surface area (Å²) in [5.41, 5.74) is 0.892. The number of benzene rings is 2. The molecule has 0 aliphatic rings. The van der Waals surface area contributed by atoms with Gasteiger partial charge in [0, 0.05) is 22.9 Å². The summed E-state index contributed by atoms with van der Waals surface area (Å²) in [6.45, 7) is 0. The number of hydrogen-bond acceptors (Lipinski definition) is 4. The van der Waals surface area contributed by atoms with E-state index >= 15 is 0 Å². The van der Waals surface area contributed by atoms with Crippen LogP contribution in [0.15, 0.2) is 60.8 Å². The molecule has 0 spiro atoms. The van der Waals surface area contributed by atoms with E-state index in [-0.39, 0.29) is 27.9 Å². The Labute approximate surface area is 165 Å². The third-order valence-electron chi connectivity index (χ3n) is 3.76. The van der Waals surface area contributed by atoms with Crippen LogP contribution >= 0.6 is 0 Å². The summed E-state index contributed by atoms with van der Waals surface area (Å²) in [6, 6.07) is 11.2. The highest BCUT2D eigenvalue weighted by atomic mass is 19.4. The molecule has 0 bridgehead atoms. The van der Waals surface area contributed by atoms with Crippen molar-refractivity contribution in [3.8, 4) is 33.9 Å². The molecule has 0 aliphatic heterocycles. The van der Waals surface area contributed by atoms with Crippen molar-refractivity contribution in [3.63, 3.8) is 0 Å². The molecule has 4 nitrogen and oxygen atoms in total. The molecule has 0 unspecified atom stereocenters. The number of ether oxygens (including phenoxy) is 2. The Morgan fingerprint density at radius 2 is 1.30 bits per heavy atom. The van der Waals surface area contributed by atoms with Crippen molar-refractivity contribution in [2.45, 2.75) is 12.7 Å². The van der Waals surface area contributed by atoms with E-state index in [9.17, 15) is 31.1 Å². The number of carbonyl (C=O) groups is 1. The fourth-order valence-electron chi connectivity index (χ4n) is 2.70. The summed E-state index contributed by atoms with van der Waals surface area (Å²) >= 11 is 0. The zero-order valence-electron chi connectivity index (χ0n) is 14.8. The molecule has 156 valence electrons. The van der Waals surface area contributed by atoms with Crippen LogP contribution < -0.4 is 9.47 Å². The number of carbonyl (C=O) groups excluding carboxylic acids is 1. The van der Waals surface area contributed by atoms with Crippen LogP contribution in [0.1, 0.15) is 10.4 Å². The van der Waals surface area contributed by atoms with Gasteiger partial charge >= 0.3 is 12.7 Å². The number of alkyl halides is 6.